The second-order valence-corrected chi connectivity index (χ2v) is 4.73. The zero-order valence-corrected chi connectivity index (χ0v) is 11.3. The van der Waals surface area contributed by atoms with Crippen molar-refractivity contribution < 1.29 is 9.47 Å². The molecule has 1 heterocycles. The number of pyridine rings is 1. The second-order valence-electron chi connectivity index (χ2n) is 4.36. The fourth-order valence-electron chi connectivity index (χ4n) is 1.22. The van der Waals surface area contributed by atoms with Crippen LogP contribution in [0.15, 0.2) is 12.3 Å². The Morgan fingerprint density at radius 2 is 2.18 bits per heavy atom. The lowest BCUT2D eigenvalue weighted by molar-refractivity contribution is 0.00509. The Bertz CT molecular complexity index is 370. The average molecular weight is 259 g/mol. The van der Waals surface area contributed by atoms with Crippen LogP contribution in [-0.4, -0.2) is 24.3 Å². The highest BCUT2D eigenvalue weighted by molar-refractivity contribution is 6.32. The number of hydrogen-bond acceptors (Lipinski definition) is 4. The molecule has 0 aromatic carbocycles. The van der Waals surface area contributed by atoms with Crippen LogP contribution in [0.3, 0.4) is 0 Å². The molecular weight excluding hydrogens is 240 g/mol. The van der Waals surface area contributed by atoms with Gasteiger partial charge < -0.3 is 15.2 Å². The summed E-state index contributed by atoms with van der Waals surface area (Å²) >= 11 is 6.09. The first-order chi connectivity index (χ1) is 8.00. The van der Waals surface area contributed by atoms with E-state index in [0.29, 0.717) is 24.1 Å². The molecule has 0 unspecified atom stereocenters. The number of aromatic nitrogens is 1. The van der Waals surface area contributed by atoms with Crippen molar-refractivity contribution in [2.24, 2.45) is 5.73 Å². The Balaban J connectivity index is 2.58. The molecule has 0 fully saturated rings. The predicted octanol–water partition coefficient (Wildman–Crippen LogP) is 2.39. The second kappa shape index (κ2) is 6.19. The van der Waals surface area contributed by atoms with Crippen LogP contribution in [0, 0.1) is 0 Å². The Morgan fingerprint density at radius 1 is 1.47 bits per heavy atom. The van der Waals surface area contributed by atoms with E-state index >= 15 is 0 Å². The lowest BCUT2D eigenvalue weighted by Gasteiger charge is -2.22. The minimum atomic E-state index is -0.210. The molecule has 1 aromatic heterocycles. The largest absolute Gasteiger partial charge is 0.476 e. The van der Waals surface area contributed by atoms with Gasteiger partial charge in [0.15, 0.2) is 0 Å². The molecular formula is C12H19ClN2O2. The third-order valence-electron chi connectivity index (χ3n) is 2.65. The molecule has 5 heteroatoms. The summed E-state index contributed by atoms with van der Waals surface area (Å²) in [7, 11) is 1.68. The lowest BCUT2D eigenvalue weighted by Crippen LogP contribution is -2.25. The molecule has 0 amide bonds. The maximum atomic E-state index is 6.09. The van der Waals surface area contributed by atoms with E-state index in [9.17, 15) is 0 Å². The smallest absolute Gasteiger partial charge is 0.232 e. The Kier molecular flexibility index (Phi) is 5.18. The van der Waals surface area contributed by atoms with Crippen LogP contribution in [0.5, 0.6) is 5.88 Å². The maximum absolute atomic E-state index is 6.09. The molecule has 1 aromatic rings. The Hall–Kier alpha value is -0.840. The third kappa shape index (κ3) is 4.15. The summed E-state index contributed by atoms with van der Waals surface area (Å²) in [6.07, 6.45) is 2.40. The lowest BCUT2D eigenvalue weighted by atomic mass is 10.1. The van der Waals surface area contributed by atoms with Gasteiger partial charge in [-0.3, -0.25) is 0 Å². The zero-order chi connectivity index (χ0) is 12.9. The number of hydrogen-bond donors (Lipinski definition) is 1. The third-order valence-corrected chi connectivity index (χ3v) is 3.06. The van der Waals surface area contributed by atoms with E-state index in [2.05, 4.69) is 4.98 Å². The maximum Gasteiger partial charge on any atom is 0.232 e. The first-order valence-electron chi connectivity index (χ1n) is 5.51. The molecule has 17 heavy (non-hydrogen) atoms. The zero-order valence-electron chi connectivity index (χ0n) is 10.5. The summed E-state index contributed by atoms with van der Waals surface area (Å²) in [6.45, 7) is 4.88. The summed E-state index contributed by atoms with van der Waals surface area (Å²) in [5.41, 5.74) is 6.18. The van der Waals surface area contributed by atoms with Gasteiger partial charge in [0.05, 0.1) is 12.2 Å². The van der Waals surface area contributed by atoms with Crippen molar-refractivity contribution in [3.05, 3.63) is 22.8 Å². The fourth-order valence-corrected chi connectivity index (χ4v) is 1.46. The van der Waals surface area contributed by atoms with Gasteiger partial charge in [0.25, 0.3) is 0 Å². The number of methoxy groups -OCH3 is 1. The highest BCUT2D eigenvalue weighted by atomic mass is 35.5. The molecule has 0 radical (unpaired) electrons. The molecule has 0 aliphatic heterocycles. The van der Waals surface area contributed by atoms with Gasteiger partial charge in [0, 0.05) is 26.3 Å². The molecule has 0 saturated heterocycles. The van der Waals surface area contributed by atoms with Crippen LogP contribution < -0.4 is 10.5 Å². The molecule has 0 spiro atoms. The van der Waals surface area contributed by atoms with E-state index in [0.717, 1.165) is 12.0 Å². The van der Waals surface area contributed by atoms with Gasteiger partial charge in [0.2, 0.25) is 5.88 Å². The quantitative estimate of drug-likeness (QED) is 0.851. The van der Waals surface area contributed by atoms with Crippen LogP contribution >= 0.6 is 11.6 Å². The van der Waals surface area contributed by atoms with Gasteiger partial charge in [-0.15, -0.1) is 0 Å². The summed E-state index contributed by atoms with van der Waals surface area (Å²) < 4.78 is 10.8. The van der Waals surface area contributed by atoms with Crippen molar-refractivity contribution in [1.82, 2.24) is 4.98 Å². The van der Waals surface area contributed by atoms with E-state index in [4.69, 9.17) is 26.8 Å². The number of nitrogens with two attached hydrogens (primary N) is 1. The van der Waals surface area contributed by atoms with Crippen molar-refractivity contribution in [2.45, 2.75) is 32.4 Å². The molecule has 0 atom stereocenters. The first-order valence-corrected chi connectivity index (χ1v) is 5.89. The highest BCUT2D eigenvalue weighted by Crippen LogP contribution is 2.25. The molecule has 0 aliphatic carbocycles. The number of rotatable bonds is 6. The molecule has 2 N–H and O–H groups in total. The van der Waals surface area contributed by atoms with Crippen LogP contribution in [0.25, 0.3) is 0 Å². The van der Waals surface area contributed by atoms with Gasteiger partial charge in [-0.25, -0.2) is 4.98 Å². The van der Waals surface area contributed by atoms with Gasteiger partial charge in [-0.05, 0) is 25.5 Å². The van der Waals surface area contributed by atoms with Gasteiger partial charge >= 0.3 is 0 Å². The monoisotopic (exact) mass is 258 g/mol. The normalized spacial score (nSPS) is 11.6. The number of halogens is 1. The highest BCUT2D eigenvalue weighted by Gasteiger charge is 2.17. The molecule has 0 aliphatic rings. The summed E-state index contributed by atoms with van der Waals surface area (Å²) in [5.74, 6) is 0.432. The number of nitrogens with zero attached hydrogens (tertiary/aromatic N) is 1. The SMILES string of the molecule is COC(C)(C)CCOc1nccc(CN)c1Cl. The molecule has 0 saturated carbocycles. The predicted molar refractivity (Wildman–Crippen MR) is 68.3 cm³/mol. The van der Waals surface area contributed by atoms with Crippen LogP contribution in [-0.2, 0) is 11.3 Å². The summed E-state index contributed by atoms with van der Waals surface area (Å²) in [4.78, 5) is 4.08. The van der Waals surface area contributed by atoms with E-state index < -0.39 is 0 Å². The summed E-state index contributed by atoms with van der Waals surface area (Å²) in [6, 6.07) is 1.79. The van der Waals surface area contributed by atoms with E-state index in [1.807, 2.05) is 13.8 Å². The first kappa shape index (κ1) is 14.2. The Morgan fingerprint density at radius 3 is 2.76 bits per heavy atom. The minimum Gasteiger partial charge on any atom is -0.476 e. The van der Waals surface area contributed by atoms with E-state index in [1.54, 1.807) is 19.4 Å². The van der Waals surface area contributed by atoms with Crippen molar-refractivity contribution >= 4 is 11.6 Å². The van der Waals surface area contributed by atoms with Gasteiger partial charge in [-0.1, -0.05) is 11.6 Å². The standard InChI is InChI=1S/C12H19ClN2O2/c1-12(2,16-3)5-7-17-11-10(13)9(8-14)4-6-15-11/h4,6H,5,7-8,14H2,1-3H3. The molecule has 0 bridgehead atoms. The fraction of sp³-hybridized carbons (Fsp3) is 0.583. The van der Waals surface area contributed by atoms with Crippen molar-refractivity contribution in [1.29, 1.82) is 0 Å². The number of ether oxygens (including phenoxy) is 2. The van der Waals surface area contributed by atoms with Crippen LogP contribution in [0.1, 0.15) is 25.8 Å². The summed E-state index contributed by atoms with van der Waals surface area (Å²) in [5, 5.41) is 0.491. The van der Waals surface area contributed by atoms with Crippen molar-refractivity contribution in [3.63, 3.8) is 0 Å². The van der Waals surface area contributed by atoms with Gasteiger partial charge in [0.1, 0.15) is 5.02 Å². The molecule has 4 nitrogen and oxygen atoms in total. The van der Waals surface area contributed by atoms with Gasteiger partial charge in [-0.2, -0.15) is 0 Å². The topological polar surface area (TPSA) is 57.4 Å². The van der Waals surface area contributed by atoms with E-state index in [-0.39, 0.29) is 5.60 Å². The van der Waals surface area contributed by atoms with Crippen molar-refractivity contribution in [3.8, 4) is 5.88 Å². The Labute approximate surface area is 107 Å². The molecule has 1 rings (SSSR count). The van der Waals surface area contributed by atoms with Crippen molar-refractivity contribution in [2.75, 3.05) is 13.7 Å². The van der Waals surface area contributed by atoms with E-state index in [1.165, 1.54) is 0 Å². The van der Waals surface area contributed by atoms with Crippen LogP contribution in [0.2, 0.25) is 5.02 Å². The average Bonchev–Trinajstić information content (AvgIpc) is 2.31. The minimum absolute atomic E-state index is 0.210. The van der Waals surface area contributed by atoms with Crippen LogP contribution in [0.4, 0.5) is 0 Å². The molecule has 96 valence electrons.